The first-order chi connectivity index (χ1) is 23.4. The van der Waals surface area contributed by atoms with Gasteiger partial charge in [0, 0.05) is 18.5 Å². The van der Waals surface area contributed by atoms with Crippen LogP contribution in [0.1, 0.15) is 106 Å². The molecule has 2 saturated carbocycles. The van der Waals surface area contributed by atoms with Gasteiger partial charge in [-0.3, -0.25) is 24.0 Å². The van der Waals surface area contributed by atoms with Crippen LogP contribution in [-0.4, -0.2) is 70.6 Å². The number of carbonyl (C=O) groups excluding carboxylic acids is 6. The summed E-state index contributed by atoms with van der Waals surface area (Å²) in [5, 5.41) is 14.1. The highest BCUT2D eigenvalue weighted by atomic mass is 16.2. The third-order valence-corrected chi connectivity index (χ3v) is 10.8. The summed E-state index contributed by atoms with van der Waals surface area (Å²) in [4.78, 5) is 83.0. The smallest absolute Gasteiger partial charge is 0.315 e. The van der Waals surface area contributed by atoms with E-state index in [-0.39, 0.29) is 34.8 Å². The summed E-state index contributed by atoms with van der Waals surface area (Å²) >= 11 is 0. The number of rotatable bonds is 4. The number of ketones is 1. The summed E-state index contributed by atoms with van der Waals surface area (Å²) in [5.41, 5.74) is -0.589. The van der Waals surface area contributed by atoms with Gasteiger partial charge in [-0.1, -0.05) is 51.5 Å². The Kier molecular flexibility index (Phi) is 10.5. The fourth-order valence-corrected chi connectivity index (χ4v) is 7.85. The number of nitrogens with one attached hydrogen (secondary N) is 5. The maximum absolute atomic E-state index is 14.5. The second-order valence-electron chi connectivity index (χ2n) is 16.9. The lowest BCUT2D eigenvalue weighted by molar-refractivity contribution is -0.143. The number of benzene rings is 1. The van der Waals surface area contributed by atoms with E-state index in [2.05, 4.69) is 26.6 Å². The average Bonchev–Trinajstić information content (AvgIpc) is 3.51. The van der Waals surface area contributed by atoms with Crippen molar-refractivity contribution in [1.82, 2.24) is 20.9 Å². The van der Waals surface area contributed by atoms with Crippen molar-refractivity contribution in [1.29, 1.82) is 0 Å². The number of nitrogens with zero attached hydrogens (tertiary/aromatic N) is 1. The third kappa shape index (κ3) is 8.21. The number of hydrogen-bond donors (Lipinski definition) is 5. The Hall–Kier alpha value is -4.22. The van der Waals surface area contributed by atoms with Gasteiger partial charge >= 0.3 is 6.03 Å². The van der Waals surface area contributed by atoms with Gasteiger partial charge < -0.3 is 31.5 Å². The van der Waals surface area contributed by atoms with Crippen molar-refractivity contribution in [3.63, 3.8) is 0 Å². The Morgan fingerprint density at radius 2 is 1.58 bits per heavy atom. The molecule has 2 aliphatic heterocycles. The number of amides is 6. The molecule has 12 nitrogen and oxygen atoms in total. The molecule has 2 aliphatic carbocycles. The van der Waals surface area contributed by atoms with Gasteiger partial charge in [-0.2, -0.15) is 0 Å². The van der Waals surface area contributed by atoms with Crippen LogP contribution in [0.3, 0.4) is 0 Å². The van der Waals surface area contributed by atoms with Crippen LogP contribution in [0.25, 0.3) is 0 Å². The van der Waals surface area contributed by atoms with Crippen LogP contribution in [0.2, 0.25) is 0 Å². The minimum Gasteiger partial charge on any atom is -0.344 e. The molecule has 5 N–H and O–H groups in total. The van der Waals surface area contributed by atoms with Gasteiger partial charge in [0.05, 0.1) is 11.4 Å². The Labute approximate surface area is 295 Å². The number of fused-ring (bicyclic) bond motifs is 2. The molecule has 0 aromatic heterocycles. The first kappa shape index (κ1) is 37.0. The Bertz CT molecular complexity index is 1550. The van der Waals surface area contributed by atoms with Crippen LogP contribution in [0.4, 0.5) is 16.2 Å². The van der Waals surface area contributed by atoms with E-state index in [1.54, 1.807) is 35.2 Å². The topological polar surface area (TPSA) is 166 Å². The number of Topliss-reactive ketones (excluding diaryl/α,β-unsaturated/α-hetero) is 1. The number of anilines is 2. The maximum atomic E-state index is 14.5. The summed E-state index contributed by atoms with van der Waals surface area (Å²) in [5.74, 6) is -2.78. The highest BCUT2D eigenvalue weighted by Gasteiger charge is 2.73. The number of hydrogen-bond acceptors (Lipinski definition) is 6. The van der Waals surface area contributed by atoms with E-state index < -0.39 is 52.7 Å². The minimum absolute atomic E-state index is 0.0890. The maximum Gasteiger partial charge on any atom is 0.315 e. The van der Waals surface area contributed by atoms with Gasteiger partial charge in [-0.05, 0) is 101 Å². The first-order valence-corrected chi connectivity index (χ1v) is 18.0. The summed E-state index contributed by atoms with van der Waals surface area (Å²) in [7, 11) is 0. The summed E-state index contributed by atoms with van der Waals surface area (Å²) in [6, 6.07) is 3.23. The molecule has 4 aliphatic rings. The van der Waals surface area contributed by atoms with Crippen LogP contribution in [0.15, 0.2) is 36.4 Å². The van der Waals surface area contributed by atoms with Gasteiger partial charge in [0.1, 0.15) is 18.1 Å². The number of para-hydroxylation sites is 2. The quantitative estimate of drug-likeness (QED) is 0.225. The molecule has 272 valence electrons. The molecule has 3 fully saturated rings. The van der Waals surface area contributed by atoms with Crippen molar-refractivity contribution in [2.75, 3.05) is 17.2 Å². The van der Waals surface area contributed by atoms with E-state index in [9.17, 15) is 28.8 Å². The molecule has 2 spiro atoms. The van der Waals surface area contributed by atoms with E-state index in [0.717, 1.165) is 32.1 Å². The predicted molar refractivity (Wildman–Crippen MR) is 191 cm³/mol. The Morgan fingerprint density at radius 1 is 0.900 bits per heavy atom. The molecule has 12 heteroatoms. The molecule has 4 atom stereocenters. The number of allylic oxidation sites excluding steroid dienone is 1. The fraction of sp³-hybridized carbons (Fsp3) is 0.632. The standard InChI is InChI=1S/C38H54N6O6/c1-35(2,3)30(42-34(50)43-36(4,5)6)33(49)44-23-38(22-37(38)19-14-20-37)21-27(44)31(47)41-26-17-10-8-7-9-11-18-28(45)39-24-15-12-13-16-25(24)40-32(48)29(26)46/h8,10,12-13,15-16,26-27,30H,7,9,11,14,17-23H2,1-6H3,(H,39,45)(H,40,48)(H,41,47)(H2,42,43,50)/t26-,27+,30-,38+/m1/s1. The van der Waals surface area contributed by atoms with E-state index in [0.29, 0.717) is 37.9 Å². The van der Waals surface area contributed by atoms with Gasteiger partial charge in [-0.15, -0.1) is 0 Å². The van der Waals surface area contributed by atoms with E-state index in [4.69, 9.17) is 0 Å². The Morgan fingerprint density at radius 3 is 2.18 bits per heavy atom. The monoisotopic (exact) mass is 690 g/mol. The van der Waals surface area contributed by atoms with Gasteiger partial charge in [0.15, 0.2) is 0 Å². The zero-order chi connectivity index (χ0) is 36.5. The Balaban J connectivity index is 1.39. The second-order valence-corrected chi connectivity index (χ2v) is 16.9. The zero-order valence-electron chi connectivity index (χ0n) is 30.4. The molecule has 50 heavy (non-hydrogen) atoms. The lowest BCUT2D eigenvalue weighted by Gasteiger charge is -2.36. The molecule has 1 aromatic rings. The van der Waals surface area contributed by atoms with Gasteiger partial charge in [0.25, 0.3) is 5.91 Å². The van der Waals surface area contributed by atoms with Crippen molar-refractivity contribution in [3.8, 4) is 0 Å². The molecule has 1 aromatic carbocycles. The highest BCUT2D eigenvalue weighted by Crippen LogP contribution is 2.77. The van der Waals surface area contributed by atoms with Crippen LogP contribution < -0.4 is 26.6 Å². The molecule has 1 saturated heterocycles. The molecule has 2 heterocycles. The van der Waals surface area contributed by atoms with E-state index in [1.807, 2.05) is 47.6 Å². The first-order valence-electron chi connectivity index (χ1n) is 18.0. The zero-order valence-corrected chi connectivity index (χ0v) is 30.4. The lowest BCUT2D eigenvalue weighted by atomic mass is 9.74. The van der Waals surface area contributed by atoms with Gasteiger partial charge in [-0.25, -0.2) is 4.79 Å². The molecule has 0 radical (unpaired) electrons. The lowest BCUT2D eigenvalue weighted by Crippen LogP contribution is -2.61. The largest absolute Gasteiger partial charge is 0.344 e. The third-order valence-electron chi connectivity index (χ3n) is 10.8. The minimum atomic E-state index is -1.18. The van der Waals surface area contributed by atoms with E-state index >= 15 is 0 Å². The molecule has 5 rings (SSSR count). The van der Waals surface area contributed by atoms with Crippen molar-refractivity contribution >= 4 is 46.8 Å². The fourth-order valence-electron chi connectivity index (χ4n) is 7.85. The van der Waals surface area contributed by atoms with Crippen molar-refractivity contribution in [3.05, 3.63) is 36.4 Å². The molecular weight excluding hydrogens is 636 g/mol. The molecule has 0 unspecified atom stereocenters. The van der Waals surface area contributed by atoms with Gasteiger partial charge in [0.2, 0.25) is 23.5 Å². The normalized spacial score (nSPS) is 26.0. The van der Waals surface area contributed by atoms with E-state index in [1.165, 1.54) is 0 Å². The van der Waals surface area contributed by atoms with Crippen LogP contribution in [0, 0.1) is 16.2 Å². The summed E-state index contributed by atoms with van der Waals surface area (Å²) < 4.78 is 0. The van der Waals surface area contributed by atoms with Crippen LogP contribution in [-0.2, 0) is 24.0 Å². The van der Waals surface area contributed by atoms with Crippen LogP contribution in [0.5, 0.6) is 0 Å². The van der Waals surface area contributed by atoms with Crippen molar-refractivity contribution < 1.29 is 28.8 Å². The summed E-state index contributed by atoms with van der Waals surface area (Å²) in [6.07, 6.45) is 10.8. The highest BCUT2D eigenvalue weighted by molar-refractivity contribution is 6.43. The van der Waals surface area contributed by atoms with Crippen molar-refractivity contribution in [2.45, 2.75) is 129 Å². The average molecular weight is 691 g/mol. The molecule has 0 bridgehead atoms. The summed E-state index contributed by atoms with van der Waals surface area (Å²) in [6.45, 7) is 11.6. The van der Waals surface area contributed by atoms with Crippen molar-refractivity contribution in [2.24, 2.45) is 16.2 Å². The number of carbonyl (C=O) groups is 6. The predicted octanol–water partition coefficient (Wildman–Crippen LogP) is 4.81. The second kappa shape index (κ2) is 14.2. The molecule has 6 amide bonds. The van der Waals surface area contributed by atoms with Crippen LogP contribution >= 0.6 is 0 Å². The molecular formula is C38H54N6O6. The number of urea groups is 1. The number of likely N-dealkylation sites (tertiary alicyclic amines) is 1. The SMILES string of the molecule is CC(C)(C)NC(=O)N[C@H](C(=O)N1C[C@]2(C[C@H]1C(=O)N[C@@H]1CC=CCCCCC(=O)Nc3ccccc3NC(=O)C1=O)CC21CCC1)C(C)(C)C.